The molecule has 0 aliphatic rings. The first-order chi connectivity index (χ1) is 7.02. The number of aryl methyl sites for hydroxylation is 1. The molecule has 0 radical (unpaired) electrons. The second-order valence-electron chi connectivity index (χ2n) is 3.39. The number of carbonyl (C=O) groups excluding carboxylic acids is 1. The summed E-state index contributed by atoms with van der Waals surface area (Å²) in [5, 5.41) is 8.57. The molecule has 1 rings (SSSR count). The standard InChI is InChI=1S/C11H13NO3/c1-7-4-2-3-5-8(7)10(13)6-9(12)11(14)15/h2-5,9H,6,12H2,1H3,(H,14,15). The van der Waals surface area contributed by atoms with Crippen LogP contribution in [0.3, 0.4) is 0 Å². The minimum Gasteiger partial charge on any atom is -0.480 e. The van der Waals surface area contributed by atoms with Gasteiger partial charge in [0.25, 0.3) is 0 Å². The summed E-state index contributed by atoms with van der Waals surface area (Å²) in [4.78, 5) is 22.1. The third-order valence-corrected chi connectivity index (χ3v) is 2.17. The maximum atomic E-state index is 11.6. The number of rotatable bonds is 4. The van der Waals surface area contributed by atoms with E-state index in [1.165, 1.54) is 0 Å². The Labute approximate surface area is 87.7 Å². The highest BCUT2D eigenvalue weighted by molar-refractivity contribution is 5.99. The molecule has 4 heteroatoms. The fourth-order valence-electron chi connectivity index (χ4n) is 1.28. The summed E-state index contributed by atoms with van der Waals surface area (Å²) in [7, 11) is 0. The van der Waals surface area contributed by atoms with Gasteiger partial charge < -0.3 is 10.8 Å². The van der Waals surface area contributed by atoms with Gasteiger partial charge in [-0.05, 0) is 12.5 Å². The van der Waals surface area contributed by atoms with Gasteiger partial charge in [-0.25, -0.2) is 0 Å². The summed E-state index contributed by atoms with van der Waals surface area (Å²) in [6, 6.07) is 5.92. The maximum absolute atomic E-state index is 11.6. The number of carbonyl (C=O) groups is 2. The van der Waals surface area contributed by atoms with E-state index in [4.69, 9.17) is 10.8 Å². The van der Waals surface area contributed by atoms with Crippen LogP contribution in [0.4, 0.5) is 0 Å². The van der Waals surface area contributed by atoms with E-state index >= 15 is 0 Å². The summed E-state index contributed by atoms with van der Waals surface area (Å²) < 4.78 is 0. The number of carboxylic acid groups (broad SMARTS) is 1. The third-order valence-electron chi connectivity index (χ3n) is 2.17. The van der Waals surface area contributed by atoms with Crippen molar-refractivity contribution in [2.75, 3.05) is 0 Å². The second-order valence-corrected chi connectivity index (χ2v) is 3.39. The zero-order valence-corrected chi connectivity index (χ0v) is 8.43. The van der Waals surface area contributed by atoms with Gasteiger partial charge in [0.2, 0.25) is 0 Å². The average molecular weight is 207 g/mol. The van der Waals surface area contributed by atoms with E-state index in [2.05, 4.69) is 0 Å². The number of hydrogen-bond acceptors (Lipinski definition) is 3. The van der Waals surface area contributed by atoms with Gasteiger partial charge in [0, 0.05) is 12.0 Å². The van der Waals surface area contributed by atoms with Gasteiger partial charge in [0.15, 0.2) is 5.78 Å². The molecule has 1 unspecified atom stereocenters. The van der Waals surface area contributed by atoms with Crippen molar-refractivity contribution < 1.29 is 14.7 Å². The molecule has 4 nitrogen and oxygen atoms in total. The molecule has 0 saturated carbocycles. The monoisotopic (exact) mass is 207 g/mol. The van der Waals surface area contributed by atoms with Crippen LogP contribution >= 0.6 is 0 Å². The molecular formula is C11H13NO3. The Kier molecular flexibility index (Phi) is 3.57. The number of benzene rings is 1. The van der Waals surface area contributed by atoms with Crippen LogP contribution in [0, 0.1) is 6.92 Å². The maximum Gasteiger partial charge on any atom is 0.320 e. The number of aliphatic carboxylic acids is 1. The van der Waals surface area contributed by atoms with Gasteiger partial charge in [-0.1, -0.05) is 24.3 Å². The largest absolute Gasteiger partial charge is 0.480 e. The molecule has 3 N–H and O–H groups in total. The Hall–Kier alpha value is -1.68. The van der Waals surface area contributed by atoms with Gasteiger partial charge in [-0.3, -0.25) is 9.59 Å². The number of Topliss-reactive ketones (excluding diaryl/α,β-unsaturated/α-hetero) is 1. The predicted octanol–water partition coefficient (Wildman–Crippen LogP) is 0.980. The van der Waals surface area contributed by atoms with Gasteiger partial charge in [-0.15, -0.1) is 0 Å². The SMILES string of the molecule is Cc1ccccc1C(=O)CC(N)C(=O)O. The van der Waals surface area contributed by atoms with Crippen LogP contribution < -0.4 is 5.73 Å². The molecule has 0 saturated heterocycles. The molecule has 0 aliphatic heterocycles. The first-order valence-corrected chi connectivity index (χ1v) is 4.59. The topological polar surface area (TPSA) is 80.4 Å². The minimum atomic E-state index is -1.16. The molecule has 15 heavy (non-hydrogen) atoms. The Bertz CT molecular complexity index is 387. The highest BCUT2D eigenvalue weighted by Gasteiger charge is 2.18. The Balaban J connectivity index is 2.78. The normalized spacial score (nSPS) is 12.1. The van der Waals surface area contributed by atoms with Crippen molar-refractivity contribution in [1.82, 2.24) is 0 Å². The quantitative estimate of drug-likeness (QED) is 0.721. The van der Waals surface area contributed by atoms with E-state index in [1.807, 2.05) is 6.07 Å². The molecule has 0 spiro atoms. The third kappa shape index (κ3) is 2.89. The second kappa shape index (κ2) is 4.70. The molecule has 0 bridgehead atoms. The number of ketones is 1. The first kappa shape index (κ1) is 11.4. The lowest BCUT2D eigenvalue weighted by molar-refractivity contribution is -0.138. The Morgan fingerprint density at radius 2 is 2.00 bits per heavy atom. The number of carboxylic acids is 1. The van der Waals surface area contributed by atoms with Crippen molar-refractivity contribution in [2.24, 2.45) is 5.73 Å². The van der Waals surface area contributed by atoms with Crippen LogP contribution in [0.5, 0.6) is 0 Å². The minimum absolute atomic E-state index is 0.166. The summed E-state index contributed by atoms with van der Waals surface area (Å²) in [5.74, 6) is -1.39. The van der Waals surface area contributed by atoms with Crippen molar-refractivity contribution in [1.29, 1.82) is 0 Å². The van der Waals surface area contributed by atoms with E-state index in [1.54, 1.807) is 25.1 Å². The van der Waals surface area contributed by atoms with Gasteiger partial charge in [0.1, 0.15) is 6.04 Å². The van der Waals surface area contributed by atoms with Crippen LogP contribution in [0.2, 0.25) is 0 Å². The lowest BCUT2D eigenvalue weighted by Crippen LogP contribution is -2.32. The van der Waals surface area contributed by atoms with Gasteiger partial charge in [0.05, 0.1) is 0 Å². The fraction of sp³-hybridized carbons (Fsp3) is 0.273. The number of hydrogen-bond donors (Lipinski definition) is 2. The van der Waals surface area contributed by atoms with Gasteiger partial charge >= 0.3 is 5.97 Å². The van der Waals surface area contributed by atoms with Crippen LogP contribution in [0.15, 0.2) is 24.3 Å². The molecule has 0 aromatic heterocycles. The molecule has 0 heterocycles. The molecular weight excluding hydrogens is 194 g/mol. The van der Waals surface area contributed by atoms with Crippen molar-refractivity contribution >= 4 is 11.8 Å². The van der Waals surface area contributed by atoms with Crippen molar-refractivity contribution in [3.63, 3.8) is 0 Å². The fourth-order valence-corrected chi connectivity index (χ4v) is 1.28. The molecule has 80 valence electrons. The molecule has 0 aliphatic carbocycles. The van der Waals surface area contributed by atoms with E-state index in [-0.39, 0.29) is 12.2 Å². The lowest BCUT2D eigenvalue weighted by atomic mass is 10.00. The summed E-state index contributed by atoms with van der Waals surface area (Å²) in [5.41, 5.74) is 6.65. The van der Waals surface area contributed by atoms with E-state index < -0.39 is 12.0 Å². The molecule has 1 aromatic carbocycles. The van der Waals surface area contributed by atoms with Crippen molar-refractivity contribution in [3.8, 4) is 0 Å². The Morgan fingerprint density at radius 3 is 2.53 bits per heavy atom. The lowest BCUT2D eigenvalue weighted by Gasteiger charge is -2.07. The van der Waals surface area contributed by atoms with Crippen LogP contribution in [0.1, 0.15) is 22.3 Å². The zero-order valence-electron chi connectivity index (χ0n) is 8.43. The number of nitrogens with two attached hydrogens (primary N) is 1. The van der Waals surface area contributed by atoms with Crippen molar-refractivity contribution in [3.05, 3.63) is 35.4 Å². The highest BCUT2D eigenvalue weighted by atomic mass is 16.4. The molecule has 1 aromatic rings. The molecule has 0 fully saturated rings. The van der Waals surface area contributed by atoms with E-state index in [0.717, 1.165) is 5.56 Å². The smallest absolute Gasteiger partial charge is 0.320 e. The van der Waals surface area contributed by atoms with E-state index in [0.29, 0.717) is 5.56 Å². The Morgan fingerprint density at radius 1 is 1.40 bits per heavy atom. The van der Waals surface area contributed by atoms with Crippen molar-refractivity contribution in [2.45, 2.75) is 19.4 Å². The molecule has 0 amide bonds. The first-order valence-electron chi connectivity index (χ1n) is 4.59. The van der Waals surface area contributed by atoms with Crippen LogP contribution in [0.25, 0.3) is 0 Å². The van der Waals surface area contributed by atoms with Crippen LogP contribution in [-0.2, 0) is 4.79 Å². The summed E-state index contributed by atoms with van der Waals surface area (Å²) >= 11 is 0. The highest BCUT2D eigenvalue weighted by Crippen LogP contribution is 2.10. The average Bonchev–Trinajstić information content (AvgIpc) is 2.18. The van der Waals surface area contributed by atoms with Gasteiger partial charge in [-0.2, -0.15) is 0 Å². The summed E-state index contributed by atoms with van der Waals surface area (Å²) in [6.45, 7) is 1.81. The van der Waals surface area contributed by atoms with E-state index in [9.17, 15) is 9.59 Å². The zero-order chi connectivity index (χ0) is 11.4. The predicted molar refractivity (Wildman–Crippen MR) is 55.7 cm³/mol. The summed E-state index contributed by atoms with van der Waals surface area (Å²) in [6.07, 6.45) is -0.166. The van der Waals surface area contributed by atoms with Crippen LogP contribution in [-0.4, -0.2) is 22.9 Å². The molecule has 1 atom stereocenters.